The molecule has 1 aliphatic heterocycles. The molecule has 2 heterocycles. The minimum atomic E-state index is 0.240. The standard InChI is InChI=1S/C19H24N4O2/c24-18-9-8-16(10-11-23(18)13-14-4-2-1-3-5-14)20-12-17-21-19(25-22-17)15-6-7-15/h1-5,15-16,20H,6-13H2. The first-order chi connectivity index (χ1) is 12.3. The number of aromatic nitrogens is 2. The van der Waals surface area contributed by atoms with Gasteiger partial charge in [0, 0.05) is 31.5 Å². The van der Waals surface area contributed by atoms with Crippen LogP contribution in [0.5, 0.6) is 0 Å². The van der Waals surface area contributed by atoms with Crippen LogP contribution < -0.4 is 5.32 Å². The molecule has 1 aliphatic carbocycles. The van der Waals surface area contributed by atoms with Crippen molar-refractivity contribution < 1.29 is 9.32 Å². The summed E-state index contributed by atoms with van der Waals surface area (Å²) in [6.45, 7) is 2.08. The van der Waals surface area contributed by atoms with E-state index in [9.17, 15) is 4.79 Å². The smallest absolute Gasteiger partial charge is 0.229 e. The van der Waals surface area contributed by atoms with Gasteiger partial charge in [-0.15, -0.1) is 0 Å². The number of hydrogen-bond donors (Lipinski definition) is 1. The van der Waals surface area contributed by atoms with Crippen LogP contribution in [0.25, 0.3) is 0 Å². The van der Waals surface area contributed by atoms with Crippen molar-refractivity contribution in [3.8, 4) is 0 Å². The highest BCUT2D eigenvalue weighted by Crippen LogP contribution is 2.38. The highest BCUT2D eigenvalue weighted by molar-refractivity contribution is 5.76. The molecule has 0 spiro atoms. The number of hydrogen-bond acceptors (Lipinski definition) is 5. The first kappa shape index (κ1) is 16.3. The van der Waals surface area contributed by atoms with Crippen LogP contribution in [0.15, 0.2) is 34.9 Å². The second-order valence-corrected chi connectivity index (χ2v) is 7.03. The summed E-state index contributed by atoms with van der Waals surface area (Å²) in [6.07, 6.45) is 4.72. The maximum absolute atomic E-state index is 12.4. The molecule has 1 amide bonds. The first-order valence-corrected chi connectivity index (χ1v) is 9.15. The van der Waals surface area contributed by atoms with Gasteiger partial charge in [-0.2, -0.15) is 4.98 Å². The lowest BCUT2D eigenvalue weighted by molar-refractivity contribution is -0.131. The van der Waals surface area contributed by atoms with E-state index in [1.807, 2.05) is 23.1 Å². The van der Waals surface area contributed by atoms with Gasteiger partial charge in [0.05, 0.1) is 6.54 Å². The molecule has 6 nitrogen and oxygen atoms in total. The van der Waals surface area contributed by atoms with Crippen LogP contribution in [0, 0.1) is 0 Å². The van der Waals surface area contributed by atoms with Gasteiger partial charge in [0.25, 0.3) is 0 Å². The summed E-state index contributed by atoms with van der Waals surface area (Å²) in [4.78, 5) is 18.8. The average molecular weight is 340 g/mol. The summed E-state index contributed by atoms with van der Waals surface area (Å²) in [7, 11) is 0. The summed E-state index contributed by atoms with van der Waals surface area (Å²) in [5, 5.41) is 7.54. The third-order valence-corrected chi connectivity index (χ3v) is 4.98. The molecule has 1 aromatic heterocycles. The molecule has 1 saturated heterocycles. The number of benzene rings is 1. The van der Waals surface area contributed by atoms with E-state index in [1.165, 1.54) is 5.56 Å². The minimum absolute atomic E-state index is 0.240. The molecule has 1 saturated carbocycles. The number of amides is 1. The third-order valence-electron chi connectivity index (χ3n) is 4.98. The van der Waals surface area contributed by atoms with Crippen molar-refractivity contribution in [3.63, 3.8) is 0 Å². The predicted molar refractivity (Wildman–Crippen MR) is 92.6 cm³/mol. The number of nitrogens with zero attached hydrogens (tertiary/aromatic N) is 3. The molecule has 25 heavy (non-hydrogen) atoms. The maximum atomic E-state index is 12.4. The monoisotopic (exact) mass is 340 g/mol. The van der Waals surface area contributed by atoms with Gasteiger partial charge in [0.1, 0.15) is 0 Å². The Morgan fingerprint density at radius 1 is 1.16 bits per heavy atom. The molecule has 132 valence electrons. The topological polar surface area (TPSA) is 71.3 Å². The Balaban J connectivity index is 1.28. The summed E-state index contributed by atoms with van der Waals surface area (Å²) >= 11 is 0. The van der Waals surface area contributed by atoms with Crippen molar-refractivity contribution >= 4 is 5.91 Å². The largest absolute Gasteiger partial charge is 0.339 e. The zero-order chi connectivity index (χ0) is 17.1. The van der Waals surface area contributed by atoms with Crippen molar-refractivity contribution in [1.29, 1.82) is 0 Å². The Bertz CT molecular complexity index is 711. The maximum Gasteiger partial charge on any atom is 0.229 e. The number of carbonyl (C=O) groups excluding carboxylic acids is 1. The Kier molecular flexibility index (Phi) is 4.78. The van der Waals surface area contributed by atoms with Gasteiger partial charge < -0.3 is 14.7 Å². The summed E-state index contributed by atoms with van der Waals surface area (Å²) < 4.78 is 5.29. The molecule has 2 aliphatic rings. The average Bonchev–Trinajstić information content (AvgIpc) is 3.41. The summed E-state index contributed by atoms with van der Waals surface area (Å²) in [5.74, 6) is 2.23. The summed E-state index contributed by atoms with van der Waals surface area (Å²) in [5.41, 5.74) is 1.18. The number of rotatable bonds is 6. The molecule has 1 N–H and O–H groups in total. The quantitative estimate of drug-likeness (QED) is 0.875. The van der Waals surface area contributed by atoms with Crippen molar-refractivity contribution in [2.75, 3.05) is 6.54 Å². The van der Waals surface area contributed by atoms with Crippen molar-refractivity contribution in [3.05, 3.63) is 47.6 Å². The number of carbonyl (C=O) groups is 1. The Hall–Kier alpha value is -2.21. The predicted octanol–water partition coefficient (Wildman–Crippen LogP) is 2.62. The fourth-order valence-electron chi connectivity index (χ4n) is 3.28. The lowest BCUT2D eigenvalue weighted by Crippen LogP contribution is -2.32. The Morgan fingerprint density at radius 3 is 2.80 bits per heavy atom. The van der Waals surface area contributed by atoms with Crippen LogP contribution in [0.4, 0.5) is 0 Å². The van der Waals surface area contributed by atoms with E-state index in [-0.39, 0.29) is 5.91 Å². The van der Waals surface area contributed by atoms with Crippen molar-refractivity contribution in [2.24, 2.45) is 0 Å². The second-order valence-electron chi connectivity index (χ2n) is 7.03. The van der Waals surface area contributed by atoms with E-state index >= 15 is 0 Å². The van der Waals surface area contributed by atoms with Gasteiger partial charge in [0.2, 0.25) is 11.8 Å². The zero-order valence-corrected chi connectivity index (χ0v) is 14.4. The van der Waals surface area contributed by atoms with E-state index in [4.69, 9.17) is 4.52 Å². The molecule has 0 radical (unpaired) electrons. The van der Waals surface area contributed by atoms with Crippen molar-refractivity contribution in [2.45, 2.75) is 57.2 Å². The minimum Gasteiger partial charge on any atom is -0.339 e. The van der Waals surface area contributed by atoms with Gasteiger partial charge in [-0.3, -0.25) is 4.79 Å². The van der Waals surface area contributed by atoms with Crippen molar-refractivity contribution in [1.82, 2.24) is 20.4 Å². The molecule has 0 bridgehead atoms. The summed E-state index contributed by atoms with van der Waals surface area (Å²) in [6, 6.07) is 10.5. The second kappa shape index (κ2) is 7.35. The molecule has 1 aromatic carbocycles. The van der Waals surface area contributed by atoms with Gasteiger partial charge in [0.15, 0.2) is 5.82 Å². The Labute approximate surface area is 147 Å². The number of likely N-dealkylation sites (tertiary alicyclic amines) is 1. The van der Waals surface area contributed by atoms with Gasteiger partial charge in [-0.05, 0) is 31.2 Å². The number of nitrogens with one attached hydrogen (secondary N) is 1. The van der Waals surface area contributed by atoms with Crippen LogP contribution in [0.1, 0.15) is 55.3 Å². The molecule has 6 heteroatoms. The highest BCUT2D eigenvalue weighted by Gasteiger charge is 2.29. The van der Waals surface area contributed by atoms with Crippen LogP contribution in [0.3, 0.4) is 0 Å². The van der Waals surface area contributed by atoms with E-state index < -0.39 is 0 Å². The SMILES string of the molecule is O=C1CCC(NCc2noc(C3CC3)n2)CCN1Cc1ccccc1. The highest BCUT2D eigenvalue weighted by atomic mass is 16.5. The molecule has 1 atom stereocenters. The lowest BCUT2D eigenvalue weighted by Gasteiger charge is -2.21. The molecule has 2 fully saturated rings. The van der Waals surface area contributed by atoms with E-state index in [0.717, 1.165) is 43.9 Å². The van der Waals surface area contributed by atoms with E-state index in [2.05, 4.69) is 27.6 Å². The molecular formula is C19H24N4O2. The zero-order valence-electron chi connectivity index (χ0n) is 14.4. The lowest BCUT2D eigenvalue weighted by atomic mass is 10.1. The van der Waals surface area contributed by atoms with E-state index in [0.29, 0.717) is 31.5 Å². The van der Waals surface area contributed by atoms with Crippen LogP contribution in [-0.4, -0.2) is 33.5 Å². The van der Waals surface area contributed by atoms with Gasteiger partial charge >= 0.3 is 0 Å². The fraction of sp³-hybridized carbons (Fsp3) is 0.526. The van der Waals surface area contributed by atoms with Gasteiger partial charge in [-0.25, -0.2) is 0 Å². The molecule has 1 unspecified atom stereocenters. The molecular weight excluding hydrogens is 316 g/mol. The molecule has 2 aromatic rings. The van der Waals surface area contributed by atoms with Crippen LogP contribution in [0.2, 0.25) is 0 Å². The molecule has 4 rings (SSSR count). The third kappa shape index (κ3) is 4.25. The van der Waals surface area contributed by atoms with Crippen LogP contribution >= 0.6 is 0 Å². The fourth-order valence-corrected chi connectivity index (χ4v) is 3.28. The Morgan fingerprint density at radius 2 is 2.00 bits per heavy atom. The first-order valence-electron chi connectivity index (χ1n) is 9.15. The van der Waals surface area contributed by atoms with Gasteiger partial charge in [-0.1, -0.05) is 35.5 Å². The van der Waals surface area contributed by atoms with Crippen LogP contribution in [-0.2, 0) is 17.9 Å². The van der Waals surface area contributed by atoms with E-state index in [1.54, 1.807) is 0 Å². The normalized spacial score (nSPS) is 21.4.